The highest BCUT2D eigenvalue weighted by atomic mass is 35.5. The molecule has 0 radical (unpaired) electrons. The number of hydrogen-bond acceptors (Lipinski definition) is 6. The van der Waals surface area contributed by atoms with Crippen LogP contribution in [0.2, 0.25) is 5.02 Å². The van der Waals surface area contributed by atoms with Crippen LogP contribution in [0.1, 0.15) is 18.4 Å². The fourth-order valence-corrected chi connectivity index (χ4v) is 5.31. The van der Waals surface area contributed by atoms with Gasteiger partial charge in [-0.1, -0.05) is 23.7 Å². The molecule has 31 heavy (non-hydrogen) atoms. The molecule has 4 rings (SSSR count). The number of benzene rings is 2. The fraction of sp³-hybridized carbons (Fsp3) is 0.333. The first kappa shape index (κ1) is 21.5. The third-order valence-electron chi connectivity index (χ3n) is 5.44. The van der Waals surface area contributed by atoms with E-state index < -0.39 is 10.0 Å². The van der Waals surface area contributed by atoms with Crippen LogP contribution in [0.5, 0.6) is 11.5 Å². The molecule has 1 amide bonds. The predicted molar refractivity (Wildman–Crippen MR) is 118 cm³/mol. The van der Waals surface area contributed by atoms with Crippen LogP contribution in [0.3, 0.4) is 0 Å². The normalized spacial score (nSPS) is 19.4. The van der Waals surface area contributed by atoms with Gasteiger partial charge in [0.25, 0.3) is 10.0 Å². The van der Waals surface area contributed by atoms with Gasteiger partial charge in [0.15, 0.2) is 17.3 Å². The maximum atomic E-state index is 13.0. The number of ether oxygens (including phenoxy) is 2. The summed E-state index contributed by atoms with van der Waals surface area (Å²) in [5, 5.41) is 3.19. The van der Waals surface area contributed by atoms with Crippen LogP contribution in [0, 0.1) is 5.92 Å². The van der Waals surface area contributed by atoms with Crippen molar-refractivity contribution in [2.75, 3.05) is 32.6 Å². The molecule has 0 saturated carbocycles. The van der Waals surface area contributed by atoms with Crippen molar-refractivity contribution in [2.45, 2.75) is 17.7 Å². The molecule has 2 aliphatic rings. The maximum Gasteiger partial charge on any atom is 0.285 e. The Kier molecular flexibility index (Phi) is 5.81. The SMILES string of the molecule is COc1cc(Cl)c(NC(=O)[C@@H]2CCCN(C3=NS(=O)(=O)c4ccccc43)C2)cc1OC. The Bertz CT molecular complexity index is 1170. The van der Waals surface area contributed by atoms with Crippen molar-refractivity contribution in [3.05, 3.63) is 47.0 Å². The Morgan fingerprint density at radius 2 is 1.90 bits per heavy atom. The van der Waals surface area contributed by atoms with Gasteiger partial charge in [-0.05, 0) is 25.0 Å². The Labute approximate surface area is 185 Å². The van der Waals surface area contributed by atoms with Crippen molar-refractivity contribution in [3.63, 3.8) is 0 Å². The standard InChI is InChI=1S/C21H22ClN3O5S/c1-29-17-10-15(22)16(11-18(17)30-2)23-21(26)13-6-5-9-25(12-13)20-14-7-3-4-8-19(14)31(27,28)24-20/h3-4,7-8,10-11,13H,5-6,9,12H2,1-2H3,(H,23,26)/t13-/m1/s1. The van der Waals surface area contributed by atoms with Crippen LogP contribution >= 0.6 is 11.6 Å². The molecule has 0 bridgehead atoms. The molecular weight excluding hydrogens is 442 g/mol. The number of halogens is 1. The number of anilines is 1. The zero-order chi connectivity index (χ0) is 22.2. The van der Waals surface area contributed by atoms with Gasteiger partial charge in [0.1, 0.15) is 4.90 Å². The van der Waals surface area contributed by atoms with Crippen molar-refractivity contribution in [2.24, 2.45) is 10.3 Å². The highest BCUT2D eigenvalue weighted by molar-refractivity contribution is 7.90. The van der Waals surface area contributed by atoms with Gasteiger partial charge < -0.3 is 19.7 Å². The largest absolute Gasteiger partial charge is 0.493 e. The predicted octanol–water partition coefficient (Wildman–Crippen LogP) is 3.16. The van der Waals surface area contributed by atoms with Crippen LogP contribution in [0.25, 0.3) is 0 Å². The summed E-state index contributed by atoms with van der Waals surface area (Å²) in [5.41, 5.74) is 0.999. The number of hydrogen-bond donors (Lipinski definition) is 1. The van der Waals surface area contributed by atoms with E-state index in [0.29, 0.717) is 53.1 Å². The topological polar surface area (TPSA) is 97.3 Å². The van der Waals surface area contributed by atoms with E-state index in [2.05, 4.69) is 9.71 Å². The molecule has 0 spiro atoms. The van der Waals surface area contributed by atoms with Crippen molar-refractivity contribution >= 4 is 39.1 Å². The van der Waals surface area contributed by atoms with Crippen LogP contribution < -0.4 is 14.8 Å². The van der Waals surface area contributed by atoms with Crippen LogP contribution in [-0.4, -0.2) is 52.4 Å². The van der Waals surface area contributed by atoms with E-state index in [4.69, 9.17) is 21.1 Å². The van der Waals surface area contributed by atoms with E-state index in [1.165, 1.54) is 14.2 Å². The average molecular weight is 464 g/mol. The van der Waals surface area contributed by atoms with Gasteiger partial charge in [0.2, 0.25) is 5.91 Å². The van der Waals surface area contributed by atoms with Gasteiger partial charge in [-0.2, -0.15) is 8.42 Å². The molecule has 8 nitrogen and oxygen atoms in total. The molecule has 1 N–H and O–H groups in total. The molecule has 1 saturated heterocycles. The highest BCUT2D eigenvalue weighted by Crippen LogP contribution is 2.36. The molecule has 0 unspecified atom stereocenters. The molecule has 1 fully saturated rings. The number of sulfonamides is 1. The third-order valence-corrected chi connectivity index (χ3v) is 7.07. The van der Waals surface area contributed by atoms with Gasteiger partial charge in [-0.25, -0.2) is 0 Å². The zero-order valence-corrected chi connectivity index (χ0v) is 18.7. The van der Waals surface area contributed by atoms with Gasteiger partial charge in [-0.3, -0.25) is 4.79 Å². The summed E-state index contributed by atoms with van der Waals surface area (Å²) in [6.07, 6.45) is 1.41. The van der Waals surface area contributed by atoms with Crippen LogP contribution in [0.4, 0.5) is 5.69 Å². The van der Waals surface area contributed by atoms with Gasteiger partial charge in [0, 0.05) is 30.8 Å². The zero-order valence-electron chi connectivity index (χ0n) is 17.1. The Morgan fingerprint density at radius 1 is 1.19 bits per heavy atom. The molecule has 2 aromatic rings. The van der Waals surface area contributed by atoms with E-state index in [1.807, 2.05) is 4.90 Å². The molecule has 2 aliphatic heterocycles. The van der Waals surface area contributed by atoms with Crippen molar-refractivity contribution in [1.82, 2.24) is 4.90 Å². The van der Waals surface area contributed by atoms with E-state index in [9.17, 15) is 13.2 Å². The molecule has 0 aliphatic carbocycles. The number of amides is 1. The summed E-state index contributed by atoms with van der Waals surface area (Å²) in [6.45, 7) is 0.989. The number of methoxy groups -OCH3 is 2. The number of rotatable bonds is 4. The Balaban J connectivity index is 1.53. The first-order chi connectivity index (χ1) is 14.8. The maximum absolute atomic E-state index is 13.0. The van der Waals surface area contributed by atoms with Crippen molar-refractivity contribution in [1.29, 1.82) is 0 Å². The summed E-state index contributed by atoms with van der Waals surface area (Å²) < 4.78 is 39.2. The first-order valence-electron chi connectivity index (χ1n) is 9.75. The van der Waals surface area contributed by atoms with Crippen LogP contribution in [-0.2, 0) is 14.8 Å². The van der Waals surface area contributed by atoms with Gasteiger partial charge in [-0.15, -0.1) is 4.40 Å². The second kappa shape index (κ2) is 8.39. The summed E-state index contributed by atoms with van der Waals surface area (Å²) >= 11 is 6.29. The number of fused-ring (bicyclic) bond motifs is 1. The minimum atomic E-state index is -3.71. The number of nitrogens with one attached hydrogen (secondary N) is 1. The summed E-state index contributed by atoms with van der Waals surface area (Å²) in [5.74, 6) is 0.768. The monoisotopic (exact) mass is 463 g/mol. The number of carbonyl (C=O) groups excluding carboxylic acids is 1. The minimum Gasteiger partial charge on any atom is -0.493 e. The Hall–Kier alpha value is -2.78. The lowest BCUT2D eigenvalue weighted by Crippen LogP contribution is -2.43. The first-order valence-corrected chi connectivity index (χ1v) is 11.6. The quantitative estimate of drug-likeness (QED) is 0.748. The number of likely N-dealkylation sites (tertiary alicyclic amines) is 1. The lowest BCUT2D eigenvalue weighted by molar-refractivity contribution is -0.121. The summed E-state index contributed by atoms with van der Waals surface area (Å²) in [6, 6.07) is 9.94. The van der Waals surface area contributed by atoms with E-state index >= 15 is 0 Å². The second-order valence-corrected chi connectivity index (χ2v) is 9.33. The van der Waals surface area contributed by atoms with Gasteiger partial charge >= 0.3 is 0 Å². The molecular formula is C21H22ClN3O5S. The van der Waals surface area contributed by atoms with E-state index in [0.717, 1.165) is 6.42 Å². The summed E-state index contributed by atoms with van der Waals surface area (Å²) in [4.78, 5) is 15.1. The lowest BCUT2D eigenvalue weighted by atomic mass is 9.96. The average Bonchev–Trinajstić information content (AvgIpc) is 3.06. The van der Waals surface area contributed by atoms with Gasteiger partial charge in [0.05, 0.1) is 30.8 Å². The number of carbonyl (C=O) groups is 1. The second-order valence-electron chi connectivity index (χ2n) is 7.35. The molecule has 0 aromatic heterocycles. The lowest BCUT2D eigenvalue weighted by Gasteiger charge is -2.33. The molecule has 164 valence electrons. The highest BCUT2D eigenvalue weighted by Gasteiger charge is 2.35. The number of amidine groups is 1. The van der Waals surface area contributed by atoms with E-state index in [-0.39, 0.29) is 16.7 Å². The smallest absolute Gasteiger partial charge is 0.285 e. The number of piperidine rings is 1. The van der Waals surface area contributed by atoms with Crippen LogP contribution in [0.15, 0.2) is 45.7 Å². The third kappa shape index (κ3) is 4.07. The Morgan fingerprint density at radius 3 is 2.65 bits per heavy atom. The van der Waals surface area contributed by atoms with E-state index in [1.54, 1.807) is 36.4 Å². The molecule has 1 atom stereocenters. The molecule has 10 heteroatoms. The minimum absolute atomic E-state index is 0.200. The van der Waals surface area contributed by atoms with Crippen molar-refractivity contribution < 1.29 is 22.7 Å². The summed E-state index contributed by atoms with van der Waals surface area (Å²) in [7, 11) is -0.696. The molecule has 2 heterocycles. The molecule has 2 aromatic carbocycles. The number of nitrogens with zero attached hydrogens (tertiary/aromatic N) is 2. The fourth-order valence-electron chi connectivity index (χ4n) is 3.88. The van der Waals surface area contributed by atoms with Crippen molar-refractivity contribution in [3.8, 4) is 11.5 Å².